The van der Waals surface area contributed by atoms with E-state index in [0.717, 1.165) is 37.0 Å². The number of hydrogen-bond acceptors (Lipinski definition) is 4. The average molecular weight is 393 g/mol. The van der Waals surface area contributed by atoms with Gasteiger partial charge in [0, 0.05) is 11.1 Å². The highest BCUT2D eigenvalue weighted by molar-refractivity contribution is 5.95. The van der Waals surface area contributed by atoms with Crippen LogP contribution in [-0.4, -0.2) is 53.5 Å². The minimum Gasteiger partial charge on any atom is -0.350 e. The third kappa shape index (κ3) is 5.46. The predicted octanol–water partition coefficient (Wildman–Crippen LogP) is 2.02. The molecule has 3 N–H and O–H groups in total. The molecule has 0 aromatic heterocycles. The highest BCUT2D eigenvalue weighted by Gasteiger charge is 2.51. The monoisotopic (exact) mass is 392 g/mol. The van der Waals surface area contributed by atoms with Gasteiger partial charge >= 0.3 is 6.03 Å². The van der Waals surface area contributed by atoms with Crippen LogP contribution >= 0.6 is 0 Å². The van der Waals surface area contributed by atoms with Crippen molar-refractivity contribution in [1.82, 2.24) is 20.9 Å². The molecule has 4 aliphatic carbocycles. The molecule has 4 aliphatic rings. The van der Waals surface area contributed by atoms with Crippen molar-refractivity contribution in [1.29, 1.82) is 0 Å². The number of likely N-dealkylation sites (N-methyl/N-ethyl adjacent to an activating group) is 1. The Labute approximate surface area is 168 Å². The van der Waals surface area contributed by atoms with Gasteiger partial charge < -0.3 is 10.6 Å². The van der Waals surface area contributed by atoms with E-state index in [0.29, 0.717) is 6.54 Å². The molecule has 4 bridgehead atoms. The van der Waals surface area contributed by atoms with Crippen LogP contribution in [0.5, 0.6) is 0 Å². The molecule has 0 aromatic rings. The second-order valence-corrected chi connectivity index (χ2v) is 10.3. The second-order valence-electron chi connectivity index (χ2n) is 10.3. The molecule has 0 spiro atoms. The molecule has 158 valence electrons. The maximum Gasteiger partial charge on any atom is 0.321 e. The molecular formula is C21H36N4O3. The van der Waals surface area contributed by atoms with Crippen LogP contribution in [0.3, 0.4) is 0 Å². The molecule has 28 heavy (non-hydrogen) atoms. The molecule has 0 aromatic carbocycles. The smallest absolute Gasteiger partial charge is 0.321 e. The zero-order valence-electron chi connectivity index (χ0n) is 17.8. The Bertz CT molecular complexity index is 590. The fourth-order valence-electron chi connectivity index (χ4n) is 5.85. The summed E-state index contributed by atoms with van der Waals surface area (Å²) in [4.78, 5) is 38.6. The summed E-state index contributed by atoms with van der Waals surface area (Å²) in [5.74, 6) is 1.71. The molecule has 4 saturated carbocycles. The molecule has 0 atom stereocenters. The maximum atomic E-state index is 12.5. The average Bonchev–Trinajstić information content (AvgIpc) is 2.49. The van der Waals surface area contributed by atoms with E-state index in [1.807, 2.05) is 27.7 Å². The number of carbonyl (C=O) groups excluding carboxylic acids is 3. The standard InChI is InChI=1S/C21H36N4O3/c1-5-25(13-18(27)23-20(2,3)4)12-17(26)22-19(28)24-21-9-14-6-15(10-21)8-16(7-14)11-21/h14-16H,5-13H2,1-4H3,(H,23,27)(H2,22,24,26,28). The zero-order valence-corrected chi connectivity index (χ0v) is 17.8. The largest absolute Gasteiger partial charge is 0.350 e. The van der Waals surface area contributed by atoms with Crippen molar-refractivity contribution in [3.05, 3.63) is 0 Å². The Kier molecular flexibility index (Phi) is 6.03. The predicted molar refractivity (Wildman–Crippen MR) is 108 cm³/mol. The van der Waals surface area contributed by atoms with Gasteiger partial charge in [-0.15, -0.1) is 0 Å². The van der Waals surface area contributed by atoms with Crippen molar-refractivity contribution in [2.75, 3.05) is 19.6 Å². The summed E-state index contributed by atoms with van der Waals surface area (Å²) in [7, 11) is 0. The third-order valence-corrected chi connectivity index (χ3v) is 6.37. The summed E-state index contributed by atoms with van der Waals surface area (Å²) < 4.78 is 0. The zero-order chi connectivity index (χ0) is 20.5. The Morgan fingerprint density at radius 2 is 1.43 bits per heavy atom. The van der Waals surface area contributed by atoms with E-state index in [2.05, 4.69) is 16.0 Å². The lowest BCUT2D eigenvalue weighted by molar-refractivity contribution is -0.125. The Morgan fingerprint density at radius 1 is 0.929 bits per heavy atom. The maximum absolute atomic E-state index is 12.5. The lowest BCUT2D eigenvalue weighted by Gasteiger charge is -2.56. The first kappa shape index (κ1) is 21.1. The Morgan fingerprint density at radius 3 is 1.89 bits per heavy atom. The van der Waals surface area contributed by atoms with E-state index >= 15 is 0 Å². The van der Waals surface area contributed by atoms with Crippen LogP contribution in [0.15, 0.2) is 0 Å². The normalized spacial score (nSPS) is 31.0. The first-order chi connectivity index (χ1) is 13.1. The van der Waals surface area contributed by atoms with E-state index in [-0.39, 0.29) is 42.0 Å². The van der Waals surface area contributed by atoms with Crippen LogP contribution in [0.1, 0.15) is 66.2 Å². The van der Waals surface area contributed by atoms with E-state index in [9.17, 15) is 14.4 Å². The van der Waals surface area contributed by atoms with Gasteiger partial charge in [0.1, 0.15) is 0 Å². The van der Waals surface area contributed by atoms with Crippen LogP contribution in [0, 0.1) is 17.8 Å². The topological polar surface area (TPSA) is 90.5 Å². The van der Waals surface area contributed by atoms with Gasteiger partial charge in [0.25, 0.3) is 0 Å². The Hall–Kier alpha value is -1.63. The van der Waals surface area contributed by atoms with Crippen LogP contribution < -0.4 is 16.0 Å². The highest BCUT2D eigenvalue weighted by atomic mass is 16.2. The third-order valence-electron chi connectivity index (χ3n) is 6.37. The molecular weight excluding hydrogens is 356 g/mol. The summed E-state index contributed by atoms with van der Waals surface area (Å²) in [6.07, 6.45) is 7.08. The molecule has 7 heteroatoms. The van der Waals surface area contributed by atoms with Crippen molar-refractivity contribution in [3.8, 4) is 0 Å². The van der Waals surface area contributed by atoms with Gasteiger partial charge in [0.05, 0.1) is 13.1 Å². The summed E-state index contributed by atoms with van der Waals surface area (Å²) >= 11 is 0. The van der Waals surface area contributed by atoms with Gasteiger partial charge in [-0.1, -0.05) is 6.92 Å². The summed E-state index contributed by atoms with van der Waals surface area (Å²) in [5.41, 5.74) is -0.424. The molecule has 0 unspecified atom stereocenters. The van der Waals surface area contributed by atoms with E-state index in [1.165, 1.54) is 19.3 Å². The SMILES string of the molecule is CCN(CC(=O)NC(=O)NC12CC3CC(CC(C3)C1)C2)CC(=O)NC(C)(C)C. The quantitative estimate of drug-likeness (QED) is 0.645. The van der Waals surface area contributed by atoms with Crippen LogP contribution in [-0.2, 0) is 9.59 Å². The minimum atomic E-state index is -0.387. The van der Waals surface area contributed by atoms with Crippen molar-refractivity contribution < 1.29 is 14.4 Å². The fraction of sp³-hybridized carbons (Fsp3) is 0.857. The van der Waals surface area contributed by atoms with Crippen LogP contribution in [0.2, 0.25) is 0 Å². The van der Waals surface area contributed by atoms with Crippen molar-refractivity contribution in [2.24, 2.45) is 17.8 Å². The lowest BCUT2D eigenvalue weighted by atomic mass is 9.53. The summed E-state index contributed by atoms with van der Waals surface area (Å²) in [6.45, 7) is 8.38. The number of hydrogen-bond donors (Lipinski definition) is 3. The molecule has 4 rings (SSSR count). The van der Waals surface area contributed by atoms with E-state index < -0.39 is 0 Å². The van der Waals surface area contributed by atoms with Crippen LogP contribution in [0.4, 0.5) is 4.79 Å². The number of urea groups is 1. The van der Waals surface area contributed by atoms with E-state index in [4.69, 9.17) is 0 Å². The molecule has 0 heterocycles. The molecule has 4 amide bonds. The van der Waals surface area contributed by atoms with Crippen molar-refractivity contribution in [2.45, 2.75) is 77.3 Å². The van der Waals surface area contributed by atoms with Gasteiger partial charge in [-0.3, -0.25) is 19.8 Å². The van der Waals surface area contributed by atoms with Gasteiger partial charge in [0.15, 0.2) is 0 Å². The number of imide groups is 1. The summed E-state index contributed by atoms with van der Waals surface area (Å²) in [6, 6.07) is -0.387. The van der Waals surface area contributed by atoms with E-state index in [1.54, 1.807) is 4.90 Å². The fourth-order valence-corrected chi connectivity index (χ4v) is 5.85. The van der Waals surface area contributed by atoms with Crippen molar-refractivity contribution in [3.63, 3.8) is 0 Å². The van der Waals surface area contributed by atoms with Gasteiger partial charge in [-0.2, -0.15) is 0 Å². The van der Waals surface area contributed by atoms with Gasteiger partial charge in [-0.05, 0) is 83.6 Å². The minimum absolute atomic E-state index is 0.0301. The number of nitrogens with zero attached hydrogens (tertiary/aromatic N) is 1. The van der Waals surface area contributed by atoms with Crippen molar-refractivity contribution >= 4 is 17.8 Å². The molecule has 0 radical (unpaired) electrons. The molecule has 0 saturated heterocycles. The second kappa shape index (κ2) is 8.01. The molecule has 7 nitrogen and oxygen atoms in total. The van der Waals surface area contributed by atoms with Gasteiger partial charge in [-0.25, -0.2) is 4.79 Å². The first-order valence-electron chi connectivity index (χ1n) is 10.7. The summed E-state index contributed by atoms with van der Waals surface area (Å²) in [5, 5.41) is 8.52. The molecule has 0 aliphatic heterocycles. The number of carbonyl (C=O) groups is 3. The number of nitrogens with one attached hydrogen (secondary N) is 3. The van der Waals surface area contributed by atoms with Gasteiger partial charge in [0.2, 0.25) is 11.8 Å². The van der Waals surface area contributed by atoms with Crippen LogP contribution in [0.25, 0.3) is 0 Å². The highest BCUT2D eigenvalue weighted by Crippen LogP contribution is 2.55. The number of rotatable bonds is 6. The molecule has 4 fully saturated rings. The number of amides is 4. The first-order valence-corrected chi connectivity index (χ1v) is 10.7. The lowest BCUT2D eigenvalue weighted by Crippen LogP contribution is -2.62. The Balaban J connectivity index is 1.46.